The lowest BCUT2D eigenvalue weighted by atomic mass is 9.93. The van der Waals surface area contributed by atoms with Crippen LogP contribution in [0.25, 0.3) is 11.3 Å². The van der Waals surface area contributed by atoms with Gasteiger partial charge in [0.15, 0.2) is 0 Å². The Hall–Kier alpha value is -2.47. The largest absolute Gasteiger partial charge is 0.369 e. The van der Waals surface area contributed by atoms with E-state index in [1.807, 2.05) is 41.2 Å². The van der Waals surface area contributed by atoms with Gasteiger partial charge in [-0.15, -0.1) is 0 Å². The number of benzene rings is 1. The predicted molar refractivity (Wildman–Crippen MR) is 106 cm³/mol. The van der Waals surface area contributed by atoms with E-state index in [1.54, 1.807) is 6.20 Å². The minimum absolute atomic E-state index is 0.231. The van der Waals surface area contributed by atoms with Crippen molar-refractivity contribution in [3.63, 3.8) is 0 Å². The molecule has 5 nitrogen and oxygen atoms in total. The summed E-state index contributed by atoms with van der Waals surface area (Å²) >= 11 is 3.39. The van der Waals surface area contributed by atoms with Crippen molar-refractivity contribution in [1.29, 1.82) is 0 Å². The highest BCUT2D eigenvalue weighted by atomic mass is 79.9. The Kier molecular flexibility index (Phi) is 5.52. The van der Waals surface area contributed by atoms with Crippen LogP contribution in [0.1, 0.15) is 36.6 Å². The Morgan fingerprint density at radius 1 is 1.23 bits per heavy atom. The summed E-state index contributed by atoms with van der Waals surface area (Å²) in [6.07, 6.45) is 3.96. The molecule has 1 amide bonds. The minimum Gasteiger partial charge on any atom is -0.369 e. The Bertz CT molecular complexity index is 916. The second-order valence-corrected chi connectivity index (χ2v) is 7.50. The molecule has 2 N–H and O–H groups in total. The van der Waals surface area contributed by atoms with Gasteiger partial charge in [-0.05, 0) is 57.2 Å². The lowest BCUT2D eigenvalue weighted by Crippen LogP contribution is -2.13. The molecule has 0 saturated carbocycles. The number of nitrogens with two attached hydrogens (primary N) is 1. The summed E-state index contributed by atoms with van der Waals surface area (Å²) in [5.74, 6) is 0.0195. The number of aromatic nitrogens is 3. The van der Waals surface area contributed by atoms with Crippen LogP contribution in [0.5, 0.6) is 0 Å². The summed E-state index contributed by atoms with van der Waals surface area (Å²) < 4.78 is 2.83. The normalized spacial score (nSPS) is 11.1. The number of rotatable bonds is 6. The fraction of sp³-hybridized carbons (Fsp3) is 0.250. The van der Waals surface area contributed by atoms with Gasteiger partial charge in [-0.25, -0.2) is 0 Å². The van der Waals surface area contributed by atoms with Crippen molar-refractivity contribution in [2.24, 2.45) is 5.73 Å². The number of primary amides is 1. The van der Waals surface area contributed by atoms with Crippen LogP contribution in [-0.4, -0.2) is 20.7 Å². The SMILES string of the molecule is CC(C)c1ccc(CC(N)=O)cc1-c1ccn(Cc2ccc(Br)cn2)n1. The van der Waals surface area contributed by atoms with Crippen molar-refractivity contribution in [3.05, 3.63) is 70.1 Å². The number of hydrogen-bond acceptors (Lipinski definition) is 3. The van der Waals surface area contributed by atoms with Gasteiger partial charge >= 0.3 is 0 Å². The van der Waals surface area contributed by atoms with Crippen molar-refractivity contribution in [1.82, 2.24) is 14.8 Å². The zero-order valence-electron chi connectivity index (χ0n) is 14.8. The molecule has 2 heterocycles. The Balaban J connectivity index is 1.91. The molecular formula is C20H21BrN4O. The molecule has 0 atom stereocenters. The van der Waals surface area contributed by atoms with Crippen molar-refractivity contribution < 1.29 is 4.79 Å². The van der Waals surface area contributed by atoms with E-state index in [4.69, 9.17) is 10.8 Å². The lowest BCUT2D eigenvalue weighted by molar-refractivity contribution is -0.117. The van der Waals surface area contributed by atoms with E-state index in [1.165, 1.54) is 5.56 Å². The lowest BCUT2D eigenvalue weighted by Gasteiger charge is -2.13. The fourth-order valence-corrected chi connectivity index (χ4v) is 3.13. The molecule has 2 aromatic heterocycles. The molecule has 134 valence electrons. The standard InChI is InChI=1S/C20H21BrN4O/c1-13(2)17-6-3-14(10-20(22)26)9-18(17)19-7-8-25(24-19)12-16-5-4-15(21)11-23-16/h3-9,11,13H,10,12H2,1-2H3,(H2,22,26). The third-order valence-electron chi connectivity index (χ3n) is 4.15. The fourth-order valence-electron chi connectivity index (χ4n) is 2.90. The second kappa shape index (κ2) is 7.83. The summed E-state index contributed by atoms with van der Waals surface area (Å²) in [6, 6.07) is 12.0. The van der Waals surface area contributed by atoms with Gasteiger partial charge in [0.05, 0.1) is 24.4 Å². The molecule has 1 aromatic carbocycles. The maximum absolute atomic E-state index is 11.3. The number of hydrogen-bond donors (Lipinski definition) is 1. The molecule has 3 aromatic rings. The highest BCUT2D eigenvalue weighted by molar-refractivity contribution is 9.10. The third kappa shape index (κ3) is 4.38. The number of pyridine rings is 1. The average molecular weight is 413 g/mol. The number of carbonyl (C=O) groups is 1. The molecule has 26 heavy (non-hydrogen) atoms. The number of carbonyl (C=O) groups excluding carboxylic acids is 1. The Labute approximate surface area is 161 Å². The van der Waals surface area contributed by atoms with E-state index >= 15 is 0 Å². The van der Waals surface area contributed by atoms with Crippen LogP contribution in [0.2, 0.25) is 0 Å². The molecule has 0 bridgehead atoms. The van der Waals surface area contributed by atoms with Crippen LogP contribution >= 0.6 is 15.9 Å². The van der Waals surface area contributed by atoms with Gasteiger partial charge in [0.25, 0.3) is 0 Å². The van der Waals surface area contributed by atoms with Crippen molar-refractivity contribution in [2.75, 3.05) is 0 Å². The molecule has 0 spiro atoms. The number of amides is 1. The van der Waals surface area contributed by atoms with E-state index in [0.29, 0.717) is 12.5 Å². The molecule has 6 heteroatoms. The van der Waals surface area contributed by atoms with E-state index in [-0.39, 0.29) is 12.3 Å². The molecule has 3 rings (SSSR count). The maximum Gasteiger partial charge on any atom is 0.221 e. The molecule has 0 aliphatic heterocycles. The van der Waals surface area contributed by atoms with Gasteiger partial charge < -0.3 is 5.73 Å². The van der Waals surface area contributed by atoms with Gasteiger partial charge in [-0.1, -0.05) is 26.0 Å². The molecule has 0 saturated heterocycles. The van der Waals surface area contributed by atoms with Gasteiger partial charge in [-0.3, -0.25) is 14.5 Å². The van der Waals surface area contributed by atoms with Crippen LogP contribution < -0.4 is 5.73 Å². The average Bonchev–Trinajstić information content (AvgIpc) is 3.04. The van der Waals surface area contributed by atoms with Crippen LogP contribution in [0, 0.1) is 0 Å². The summed E-state index contributed by atoms with van der Waals surface area (Å²) in [6.45, 7) is 4.90. The van der Waals surface area contributed by atoms with Crippen LogP contribution in [-0.2, 0) is 17.8 Å². The van der Waals surface area contributed by atoms with Gasteiger partial charge in [0.2, 0.25) is 5.91 Å². The molecule has 0 fully saturated rings. The summed E-state index contributed by atoms with van der Waals surface area (Å²) in [4.78, 5) is 15.6. The first-order valence-corrected chi connectivity index (χ1v) is 9.27. The van der Waals surface area contributed by atoms with Gasteiger partial charge in [0, 0.05) is 22.4 Å². The van der Waals surface area contributed by atoms with Crippen LogP contribution in [0.4, 0.5) is 0 Å². The minimum atomic E-state index is -0.333. The number of nitrogens with zero attached hydrogens (tertiary/aromatic N) is 3. The van der Waals surface area contributed by atoms with Crippen molar-refractivity contribution in [3.8, 4) is 11.3 Å². The molecular weight excluding hydrogens is 392 g/mol. The summed E-state index contributed by atoms with van der Waals surface area (Å²) in [5.41, 5.74) is 10.3. The molecule has 0 aliphatic rings. The Morgan fingerprint density at radius 3 is 2.69 bits per heavy atom. The molecule has 0 unspecified atom stereocenters. The third-order valence-corrected chi connectivity index (χ3v) is 4.62. The van der Waals surface area contributed by atoms with E-state index < -0.39 is 0 Å². The van der Waals surface area contributed by atoms with E-state index in [2.05, 4.69) is 40.8 Å². The maximum atomic E-state index is 11.3. The predicted octanol–water partition coefficient (Wildman–Crippen LogP) is 3.91. The quantitative estimate of drug-likeness (QED) is 0.666. The van der Waals surface area contributed by atoms with Gasteiger partial charge in [-0.2, -0.15) is 5.10 Å². The number of halogens is 1. The topological polar surface area (TPSA) is 73.8 Å². The molecule has 0 aliphatic carbocycles. The highest BCUT2D eigenvalue weighted by Gasteiger charge is 2.13. The zero-order chi connectivity index (χ0) is 18.7. The Morgan fingerprint density at radius 2 is 2.04 bits per heavy atom. The summed E-state index contributed by atoms with van der Waals surface area (Å²) in [5, 5.41) is 4.71. The first-order chi connectivity index (χ1) is 12.4. The first kappa shape index (κ1) is 18.3. The van der Waals surface area contributed by atoms with Crippen LogP contribution in [0.3, 0.4) is 0 Å². The zero-order valence-corrected chi connectivity index (χ0v) is 16.4. The van der Waals surface area contributed by atoms with Crippen molar-refractivity contribution >= 4 is 21.8 Å². The van der Waals surface area contributed by atoms with E-state index in [0.717, 1.165) is 27.0 Å². The monoisotopic (exact) mass is 412 g/mol. The highest BCUT2D eigenvalue weighted by Crippen LogP contribution is 2.29. The van der Waals surface area contributed by atoms with E-state index in [9.17, 15) is 4.79 Å². The first-order valence-electron chi connectivity index (χ1n) is 8.48. The molecule has 0 radical (unpaired) electrons. The summed E-state index contributed by atoms with van der Waals surface area (Å²) in [7, 11) is 0. The smallest absolute Gasteiger partial charge is 0.221 e. The van der Waals surface area contributed by atoms with Gasteiger partial charge in [0.1, 0.15) is 0 Å². The second-order valence-electron chi connectivity index (χ2n) is 6.59. The van der Waals surface area contributed by atoms with Crippen LogP contribution in [0.15, 0.2) is 53.3 Å². The van der Waals surface area contributed by atoms with Crippen molar-refractivity contribution in [2.45, 2.75) is 32.7 Å².